The van der Waals surface area contributed by atoms with Gasteiger partial charge < -0.3 is 0 Å². The highest BCUT2D eigenvalue weighted by Crippen LogP contribution is 2.29. The Morgan fingerprint density at radius 2 is 1.83 bits per heavy atom. The van der Waals surface area contributed by atoms with Crippen LogP contribution in [0.15, 0.2) is 54.6 Å². The van der Waals surface area contributed by atoms with Crippen LogP contribution in [0.3, 0.4) is 0 Å². The Labute approximate surface area is 143 Å². The van der Waals surface area contributed by atoms with Crippen LogP contribution in [-0.2, 0) is 4.79 Å². The predicted octanol–water partition coefficient (Wildman–Crippen LogP) is 4.48. The zero-order valence-electron chi connectivity index (χ0n) is 13.1. The normalized spacial score (nSPS) is 11.9. The lowest BCUT2D eigenvalue weighted by atomic mass is 9.96. The van der Waals surface area contributed by atoms with Crippen LogP contribution in [0.1, 0.15) is 24.8 Å². The van der Waals surface area contributed by atoms with E-state index < -0.39 is 0 Å². The van der Waals surface area contributed by atoms with E-state index in [0.717, 1.165) is 16.9 Å². The highest BCUT2D eigenvalue weighted by Gasteiger charge is 2.20. The molecule has 0 aliphatic rings. The molecular formula is C18H16FN3OS. The van der Waals surface area contributed by atoms with E-state index in [0.29, 0.717) is 22.1 Å². The topological polar surface area (TPSA) is 54.9 Å². The van der Waals surface area contributed by atoms with Crippen molar-refractivity contribution in [3.05, 3.63) is 66.0 Å². The maximum absolute atomic E-state index is 13.8. The predicted molar refractivity (Wildman–Crippen MR) is 93.4 cm³/mol. The monoisotopic (exact) mass is 341 g/mol. The summed E-state index contributed by atoms with van der Waals surface area (Å²) in [5, 5.41) is 11.5. The second kappa shape index (κ2) is 7.31. The summed E-state index contributed by atoms with van der Waals surface area (Å²) in [5.41, 5.74) is 1.34. The number of anilines is 1. The number of hydrogen-bond acceptors (Lipinski definition) is 4. The molecular weight excluding hydrogens is 325 g/mol. The van der Waals surface area contributed by atoms with Gasteiger partial charge in [-0.3, -0.25) is 10.1 Å². The summed E-state index contributed by atoms with van der Waals surface area (Å²) in [7, 11) is 0. The van der Waals surface area contributed by atoms with Crippen molar-refractivity contribution in [2.75, 3.05) is 5.32 Å². The molecule has 0 radical (unpaired) electrons. The van der Waals surface area contributed by atoms with Crippen LogP contribution in [0.25, 0.3) is 10.6 Å². The second-order valence-corrected chi connectivity index (χ2v) is 6.23. The first-order chi connectivity index (χ1) is 11.7. The van der Waals surface area contributed by atoms with Gasteiger partial charge >= 0.3 is 0 Å². The maximum atomic E-state index is 13.8. The van der Waals surface area contributed by atoms with Crippen molar-refractivity contribution in [3.63, 3.8) is 0 Å². The van der Waals surface area contributed by atoms with Crippen LogP contribution in [-0.4, -0.2) is 16.1 Å². The van der Waals surface area contributed by atoms with Crippen LogP contribution < -0.4 is 5.32 Å². The fraction of sp³-hybridized carbons (Fsp3) is 0.167. The Bertz CT molecular complexity index is 835. The van der Waals surface area contributed by atoms with E-state index >= 15 is 0 Å². The van der Waals surface area contributed by atoms with E-state index in [-0.39, 0.29) is 17.6 Å². The van der Waals surface area contributed by atoms with Gasteiger partial charge in [0.1, 0.15) is 5.82 Å². The number of carbonyl (C=O) groups is 1. The number of carbonyl (C=O) groups excluding carboxylic acids is 1. The molecule has 1 N–H and O–H groups in total. The molecule has 1 heterocycles. The van der Waals surface area contributed by atoms with Gasteiger partial charge in [0.2, 0.25) is 11.0 Å². The number of hydrogen-bond donors (Lipinski definition) is 1. The smallest absolute Gasteiger partial charge is 0.233 e. The quantitative estimate of drug-likeness (QED) is 0.744. The molecule has 1 atom stereocenters. The SMILES string of the molecule is CC[C@H](C(=O)Nc1nnc(-c2ccccc2F)s1)c1ccccc1. The third kappa shape index (κ3) is 3.49. The summed E-state index contributed by atoms with van der Waals surface area (Å²) in [5.74, 6) is -0.755. The van der Waals surface area contributed by atoms with Crippen molar-refractivity contribution < 1.29 is 9.18 Å². The zero-order chi connectivity index (χ0) is 16.9. The van der Waals surface area contributed by atoms with Crippen LogP contribution in [0.2, 0.25) is 0 Å². The van der Waals surface area contributed by atoms with E-state index in [9.17, 15) is 9.18 Å². The van der Waals surface area contributed by atoms with Gasteiger partial charge in [0, 0.05) is 5.56 Å². The maximum Gasteiger partial charge on any atom is 0.233 e. The molecule has 122 valence electrons. The molecule has 1 aromatic heterocycles. The first kappa shape index (κ1) is 16.3. The highest BCUT2D eigenvalue weighted by atomic mass is 32.1. The molecule has 0 spiro atoms. The third-order valence-corrected chi connectivity index (χ3v) is 4.56. The van der Waals surface area contributed by atoms with Crippen molar-refractivity contribution in [1.82, 2.24) is 10.2 Å². The van der Waals surface area contributed by atoms with Gasteiger partial charge in [0.25, 0.3) is 0 Å². The fourth-order valence-corrected chi connectivity index (χ4v) is 3.24. The standard InChI is InChI=1S/C18H16FN3OS/c1-2-13(12-8-4-3-5-9-12)16(23)20-18-22-21-17(24-18)14-10-6-7-11-15(14)19/h3-11,13H,2H2,1H3,(H,20,22,23)/t13-/m0/s1. The van der Waals surface area contributed by atoms with E-state index in [1.165, 1.54) is 6.07 Å². The molecule has 0 saturated carbocycles. The molecule has 4 nitrogen and oxygen atoms in total. The lowest BCUT2D eigenvalue weighted by molar-refractivity contribution is -0.117. The summed E-state index contributed by atoms with van der Waals surface area (Å²) in [6, 6.07) is 16.0. The van der Waals surface area contributed by atoms with Crippen molar-refractivity contribution in [1.29, 1.82) is 0 Å². The number of amides is 1. The highest BCUT2D eigenvalue weighted by molar-refractivity contribution is 7.18. The molecule has 1 amide bonds. The Morgan fingerprint density at radius 1 is 1.12 bits per heavy atom. The first-order valence-electron chi connectivity index (χ1n) is 7.63. The molecule has 3 rings (SSSR count). The van der Waals surface area contributed by atoms with Gasteiger partial charge in [0.05, 0.1) is 5.92 Å². The van der Waals surface area contributed by atoms with Crippen molar-refractivity contribution >= 4 is 22.4 Å². The minimum Gasteiger partial charge on any atom is -0.300 e. The molecule has 0 saturated heterocycles. The average Bonchev–Trinajstić information content (AvgIpc) is 3.05. The fourth-order valence-electron chi connectivity index (χ4n) is 2.47. The summed E-state index contributed by atoms with van der Waals surface area (Å²) in [6.45, 7) is 1.96. The largest absolute Gasteiger partial charge is 0.300 e. The molecule has 0 bridgehead atoms. The molecule has 0 aliphatic heterocycles. The van der Waals surface area contributed by atoms with Crippen LogP contribution >= 0.6 is 11.3 Å². The van der Waals surface area contributed by atoms with Crippen LogP contribution in [0.5, 0.6) is 0 Å². The third-order valence-electron chi connectivity index (χ3n) is 3.69. The lowest BCUT2D eigenvalue weighted by Crippen LogP contribution is -2.20. The average molecular weight is 341 g/mol. The van der Waals surface area contributed by atoms with Crippen molar-refractivity contribution in [2.24, 2.45) is 0 Å². The first-order valence-corrected chi connectivity index (χ1v) is 8.45. The van der Waals surface area contributed by atoms with E-state index in [1.54, 1.807) is 18.2 Å². The Kier molecular flexibility index (Phi) is 4.96. The van der Waals surface area contributed by atoms with Crippen molar-refractivity contribution in [2.45, 2.75) is 19.3 Å². The number of rotatable bonds is 5. The van der Waals surface area contributed by atoms with E-state index in [1.807, 2.05) is 37.3 Å². The summed E-state index contributed by atoms with van der Waals surface area (Å²) in [4.78, 5) is 12.5. The molecule has 0 unspecified atom stereocenters. The van der Waals surface area contributed by atoms with Gasteiger partial charge in [-0.05, 0) is 24.1 Å². The molecule has 0 aliphatic carbocycles. The van der Waals surface area contributed by atoms with Gasteiger partial charge in [0.15, 0.2) is 5.01 Å². The summed E-state index contributed by atoms with van der Waals surface area (Å²) < 4.78 is 13.8. The molecule has 0 fully saturated rings. The van der Waals surface area contributed by atoms with Gasteiger partial charge in [-0.2, -0.15) is 0 Å². The van der Waals surface area contributed by atoms with Gasteiger partial charge in [-0.25, -0.2) is 4.39 Å². The Hall–Kier alpha value is -2.60. The van der Waals surface area contributed by atoms with E-state index in [4.69, 9.17) is 0 Å². The number of nitrogens with zero attached hydrogens (tertiary/aromatic N) is 2. The minimum atomic E-state index is -0.359. The van der Waals surface area contributed by atoms with Crippen LogP contribution in [0.4, 0.5) is 9.52 Å². The molecule has 24 heavy (non-hydrogen) atoms. The number of halogens is 1. The zero-order valence-corrected chi connectivity index (χ0v) is 13.9. The van der Waals surface area contributed by atoms with E-state index in [2.05, 4.69) is 15.5 Å². The van der Waals surface area contributed by atoms with Crippen molar-refractivity contribution in [3.8, 4) is 10.6 Å². The number of benzene rings is 2. The lowest BCUT2D eigenvalue weighted by Gasteiger charge is -2.13. The minimum absolute atomic E-state index is 0.139. The summed E-state index contributed by atoms with van der Waals surface area (Å²) >= 11 is 1.16. The number of nitrogens with one attached hydrogen (secondary N) is 1. The second-order valence-electron chi connectivity index (χ2n) is 5.25. The van der Waals surface area contributed by atoms with Gasteiger partial charge in [-0.1, -0.05) is 60.7 Å². The number of aromatic nitrogens is 2. The molecule has 2 aromatic carbocycles. The van der Waals surface area contributed by atoms with Crippen LogP contribution in [0, 0.1) is 5.82 Å². The van der Waals surface area contributed by atoms with Gasteiger partial charge in [-0.15, -0.1) is 10.2 Å². The molecule has 3 aromatic rings. The Balaban J connectivity index is 1.77. The Morgan fingerprint density at radius 3 is 2.54 bits per heavy atom. The summed E-state index contributed by atoms with van der Waals surface area (Å²) in [6.07, 6.45) is 0.675. The molecule has 6 heteroatoms.